The number of pyridine rings is 1. The number of para-hydroxylation sites is 1. The number of methoxy groups -OCH3 is 1. The molecule has 0 aliphatic rings. The van der Waals surface area contributed by atoms with Crippen LogP contribution in [0.25, 0.3) is 22.2 Å². The molecule has 0 atom stereocenters. The fraction of sp³-hybridized carbons (Fsp3) is 0.136. The summed E-state index contributed by atoms with van der Waals surface area (Å²) in [4.78, 5) is 4.43. The van der Waals surface area contributed by atoms with Crippen LogP contribution in [-0.4, -0.2) is 24.5 Å². The first-order valence-corrected chi connectivity index (χ1v) is 10.2. The Hall–Kier alpha value is -3.12. The third-order valence-electron chi connectivity index (χ3n) is 4.29. The highest BCUT2D eigenvalue weighted by Gasteiger charge is 2.21. The first-order chi connectivity index (χ1) is 13.4. The molecule has 1 aromatic carbocycles. The van der Waals surface area contributed by atoms with E-state index in [1.54, 1.807) is 31.5 Å². The van der Waals surface area contributed by atoms with Gasteiger partial charge in [0.25, 0.3) is 10.0 Å². The predicted molar refractivity (Wildman–Crippen MR) is 114 cm³/mol. The average molecular weight is 394 g/mol. The van der Waals surface area contributed by atoms with Crippen molar-refractivity contribution in [3.05, 3.63) is 84.1 Å². The molecule has 0 unspecified atom stereocenters. The van der Waals surface area contributed by atoms with Crippen molar-refractivity contribution in [1.29, 1.82) is 0 Å². The lowest BCUT2D eigenvalue weighted by molar-refractivity contribution is 0.416. The van der Waals surface area contributed by atoms with E-state index in [9.17, 15) is 8.42 Å². The first-order valence-electron chi connectivity index (χ1n) is 8.72. The second-order valence-corrected chi connectivity index (χ2v) is 8.24. The third-order valence-corrected chi connectivity index (χ3v) is 6.00. The number of nitrogens with zero attached hydrogens (tertiary/aromatic N) is 2. The van der Waals surface area contributed by atoms with Crippen LogP contribution in [0.2, 0.25) is 0 Å². The average Bonchev–Trinajstić information content (AvgIpc) is 3.13. The first kappa shape index (κ1) is 19.6. The highest BCUT2D eigenvalue weighted by atomic mass is 32.2. The van der Waals surface area contributed by atoms with Gasteiger partial charge in [-0.05, 0) is 49.8 Å². The summed E-state index contributed by atoms with van der Waals surface area (Å²) in [5, 5.41) is 0.723. The summed E-state index contributed by atoms with van der Waals surface area (Å²) in [6.07, 6.45) is 7.75. The molecule has 2 heterocycles. The maximum absolute atomic E-state index is 13.2. The van der Waals surface area contributed by atoms with Gasteiger partial charge >= 0.3 is 0 Å². The number of hydrogen-bond donors (Lipinski definition) is 0. The number of benzene rings is 1. The lowest BCUT2D eigenvalue weighted by Crippen LogP contribution is -2.13. The van der Waals surface area contributed by atoms with Gasteiger partial charge in [-0.1, -0.05) is 36.4 Å². The van der Waals surface area contributed by atoms with E-state index in [0.29, 0.717) is 11.4 Å². The molecule has 3 aromatic rings. The predicted octanol–water partition coefficient (Wildman–Crippen LogP) is 4.93. The zero-order chi connectivity index (χ0) is 20.3. The topological polar surface area (TPSA) is 61.2 Å². The van der Waals surface area contributed by atoms with E-state index in [4.69, 9.17) is 4.74 Å². The standard InChI is InChI=1S/C22H22N2O3S/c1-5-17(11-10-16(2)3)28(25,26)24-15-13-20-18(12-14-23-22(20)24)19-8-6-7-9-21(19)27-4/h5-15H,1H2,2-4H3/b17-11+. The summed E-state index contributed by atoms with van der Waals surface area (Å²) in [7, 11) is -2.21. The van der Waals surface area contributed by atoms with Crippen LogP contribution in [0.5, 0.6) is 5.75 Å². The third kappa shape index (κ3) is 3.51. The van der Waals surface area contributed by atoms with E-state index in [0.717, 1.165) is 22.1 Å². The van der Waals surface area contributed by atoms with Gasteiger partial charge in [0.1, 0.15) is 5.75 Å². The molecule has 0 amide bonds. The van der Waals surface area contributed by atoms with E-state index in [1.165, 1.54) is 16.2 Å². The highest BCUT2D eigenvalue weighted by molar-refractivity contribution is 7.94. The van der Waals surface area contributed by atoms with Crippen molar-refractivity contribution in [2.75, 3.05) is 7.11 Å². The van der Waals surface area contributed by atoms with Gasteiger partial charge in [0, 0.05) is 23.3 Å². The van der Waals surface area contributed by atoms with Crippen LogP contribution < -0.4 is 4.74 Å². The van der Waals surface area contributed by atoms with Crippen molar-refractivity contribution in [1.82, 2.24) is 8.96 Å². The Morgan fingerprint density at radius 3 is 2.54 bits per heavy atom. The molecular weight excluding hydrogens is 372 g/mol. The Kier molecular flexibility index (Phi) is 5.51. The molecular formula is C22H22N2O3S. The number of aromatic nitrogens is 2. The number of rotatable bonds is 6. The zero-order valence-corrected chi connectivity index (χ0v) is 16.9. The molecule has 28 heavy (non-hydrogen) atoms. The van der Waals surface area contributed by atoms with E-state index < -0.39 is 10.0 Å². The minimum absolute atomic E-state index is 0.107. The molecule has 2 aromatic heterocycles. The molecule has 144 valence electrons. The van der Waals surface area contributed by atoms with Crippen molar-refractivity contribution in [2.24, 2.45) is 0 Å². The largest absolute Gasteiger partial charge is 0.496 e. The van der Waals surface area contributed by atoms with Crippen LogP contribution in [0.15, 0.2) is 84.1 Å². The Morgan fingerprint density at radius 2 is 1.86 bits per heavy atom. The van der Waals surface area contributed by atoms with Crippen molar-refractivity contribution in [3.8, 4) is 16.9 Å². The second kappa shape index (κ2) is 7.86. The minimum atomic E-state index is -3.82. The monoisotopic (exact) mass is 394 g/mol. The Balaban J connectivity index is 2.22. The molecule has 3 rings (SSSR count). The van der Waals surface area contributed by atoms with Gasteiger partial charge < -0.3 is 4.74 Å². The molecule has 0 aliphatic heterocycles. The van der Waals surface area contributed by atoms with Crippen LogP contribution in [-0.2, 0) is 10.0 Å². The molecule has 0 spiro atoms. The van der Waals surface area contributed by atoms with E-state index in [-0.39, 0.29) is 4.91 Å². The molecule has 0 radical (unpaired) electrons. The van der Waals surface area contributed by atoms with Gasteiger partial charge in [-0.25, -0.2) is 17.4 Å². The van der Waals surface area contributed by atoms with Crippen LogP contribution >= 0.6 is 0 Å². The maximum atomic E-state index is 13.2. The zero-order valence-electron chi connectivity index (χ0n) is 16.1. The quantitative estimate of drug-likeness (QED) is 0.557. The lowest BCUT2D eigenvalue weighted by Gasteiger charge is -2.10. The number of allylic oxidation sites excluding steroid dienone is 4. The van der Waals surface area contributed by atoms with Crippen LogP contribution in [0.4, 0.5) is 0 Å². The van der Waals surface area contributed by atoms with E-state index in [1.807, 2.05) is 44.2 Å². The molecule has 5 nitrogen and oxygen atoms in total. The Morgan fingerprint density at radius 1 is 1.11 bits per heavy atom. The molecule has 0 saturated heterocycles. The summed E-state index contributed by atoms with van der Waals surface area (Å²) in [6.45, 7) is 7.45. The summed E-state index contributed by atoms with van der Waals surface area (Å²) in [5.41, 5.74) is 3.07. The second-order valence-electron chi connectivity index (χ2n) is 6.43. The fourth-order valence-corrected chi connectivity index (χ4v) is 4.20. The smallest absolute Gasteiger partial charge is 0.269 e. The van der Waals surface area contributed by atoms with Gasteiger partial charge in [0.15, 0.2) is 5.65 Å². The van der Waals surface area contributed by atoms with Crippen molar-refractivity contribution >= 4 is 21.1 Å². The lowest BCUT2D eigenvalue weighted by atomic mass is 10.0. The van der Waals surface area contributed by atoms with Gasteiger partial charge in [0.05, 0.1) is 12.0 Å². The van der Waals surface area contributed by atoms with Gasteiger partial charge in [-0.3, -0.25) is 0 Å². The molecule has 0 N–H and O–H groups in total. The number of fused-ring (bicyclic) bond motifs is 1. The molecule has 0 aliphatic carbocycles. The van der Waals surface area contributed by atoms with Crippen molar-refractivity contribution in [2.45, 2.75) is 13.8 Å². The van der Waals surface area contributed by atoms with Gasteiger partial charge in [0.2, 0.25) is 0 Å². The molecule has 6 heteroatoms. The van der Waals surface area contributed by atoms with E-state index >= 15 is 0 Å². The Labute approximate surface area is 165 Å². The van der Waals surface area contributed by atoms with Crippen molar-refractivity contribution < 1.29 is 13.2 Å². The fourth-order valence-electron chi connectivity index (χ4n) is 2.93. The summed E-state index contributed by atoms with van der Waals surface area (Å²) >= 11 is 0. The highest BCUT2D eigenvalue weighted by Crippen LogP contribution is 2.35. The van der Waals surface area contributed by atoms with Crippen LogP contribution in [0.3, 0.4) is 0 Å². The summed E-state index contributed by atoms with van der Waals surface area (Å²) in [5.74, 6) is 0.709. The van der Waals surface area contributed by atoms with Crippen LogP contribution in [0, 0.1) is 0 Å². The summed E-state index contributed by atoms with van der Waals surface area (Å²) < 4.78 is 32.9. The summed E-state index contributed by atoms with van der Waals surface area (Å²) in [6, 6.07) is 11.2. The van der Waals surface area contributed by atoms with Gasteiger partial charge in [-0.15, -0.1) is 0 Å². The van der Waals surface area contributed by atoms with Gasteiger partial charge in [-0.2, -0.15) is 0 Å². The number of ether oxygens (including phenoxy) is 1. The Bertz CT molecular complexity index is 1200. The number of hydrogen-bond acceptors (Lipinski definition) is 4. The molecule has 0 saturated carbocycles. The van der Waals surface area contributed by atoms with Crippen molar-refractivity contribution in [3.63, 3.8) is 0 Å². The van der Waals surface area contributed by atoms with Crippen LogP contribution in [0.1, 0.15) is 13.8 Å². The van der Waals surface area contributed by atoms with E-state index in [2.05, 4.69) is 11.6 Å². The normalized spacial score (nSPS) is 12.0. The minimum Gasteiger partial charge on any atom is -0.496 e. The SMILES string of the molecule is C=C/C(=C\C=C(C)C)S(=O)(=O)n1ccc2c(-c3ccccc3OC)ccnc21. The molecule has 0 bridgehead atoms. The molecule has 0 fully saturated rings. The maximum Gasteiger partial charge on any atom is 0.269 e.